The summed E-state index contributed by atoms with van der Waals surface area (Å²) in [5.74, 6) is -0.913. The first-order valence-electron chi connectivity index (χ1n) is 4.60. The van der Waals surface area contributed by atoms with Gasteiger partial charge in [0.1, 0.15) is 0 Å². The quantitative estimate of drug-likeness (QED) is 0.517. The van der Waals surface area contributed by atoms with Crippen LogP contribution in [0.1, 0.15) is 26.2 Å². The predicted molar refractivity (Wildman–Crippen MR) is 47.3 cm³/mol. The second-order valence-electron chi connectivity index (χ2n) is 3.13. The van der Waals surface area contributed by atoms with Crippen LogP contribution in [-0.2, 0) is 14.3 Å². The molecule has 0 aliphatic heterocycles. The Kier molecular flexibility index (Phi) is 6.31. The van der Waals surface area contributed by atoms with Gasteiger partial charge >= 0.3 is 12.1 Å². The Morgan fingerprint density at radius 2 is 1.93 bits per heavy atom. The van der Waals surface area contributed by atoms with Crippen LogP contribution in [-0.4, -0.2) is 32.0 Å². The van der Waals surface area contributed by atoms with Crippen molar-refractivity contribution in [2.45, 2.75) is 38.5 Å². The van der Waals surface area contributed by atoms with Crippen molar-refractivity contribution in [3.05, 3.63) is 0 Å². The van der Waals surface area contributed by atoms with Crippen LogP contribution in [0.2, 0.25) is 0 Å². The molecule has 90 valence electrons. The monoisotopic (exact) mass is 228 g/mol. The van der Waals surface area contributed by atoms with Gasteiger partial charge in [-0.05, 0) is 19.3 Å². The highest BCUT2D eigenvalue weighted by Gasteiger charge is 2.41. The second kappa shape index (κ2) is 6.66. The van der Waals surface area contributed by atoms with Gasteiger partial charge in [0.25, 0.3) is 0 Å². The van der Waals surface area contributed by atoms with Gasteiger partial charge in [-0.3, -0.25) is 4.79 Å². The molecule has 0 amide bonds. The van der Waals surface area contributed by atoms with Gasteiger partial charge in [-0.1, -0.05) is 0 Å². The Bertz CT molecular complexity index is 192. The molecule has 0 N–H and O–H groups in total. The minimum atomic E-state index is -4.49. The van der Waals surface area contributed by atoms with Gasteiger partial charge in [-0.25, -0.2) is 0 Å². The van der Waals surface area contributed by atoms with Crippen LogP contribution in [0.4, 0.5) is 13.2 Å². The van der Waals surface area contributed by atoms with E-state index in [-0.39, 0.29) is 6.42 Å². The summed E-state index contributed by atoms with van der Waals surface area (Å²) in [4.78, 5) is 10.4. The summed E-state index contributed by atoms with van der Waals surface area (Å²) in [5, 5.41) is 0. The summed E-state index contributed by atoms with van der Waals surface area (Å²) in [7, 11) is 1.48. The summed E-state index contributed by atoms with van der Waals surface area (Å²) in [5.41, 5.74) is 0. The lowest BCUT2D eigenvalue weighted by Crippen LogP contribution is -2.33. The van der Waals surface area contributed by atoms with Crippen molar-refractivity contribution in [1.82, 2.24) is 0 Å². The zero-order valence-corrected chi connectivity index (χ0v) is 8.76. The van der Waals surface area contributed by atoms with E-state index in [4.69, 9.17) is 4.74 Å². The molecule has 3 nitrogen and oxygen atoms in total. The fourth-order valence-electron chi connectivity index (χ4n) is 1.07. The summed E-state index contributed by atoms with van der Waals surface area (Å²) < 4.78 is 45.7. The first-order valence-corrected chi connectivity index (χ1v) is 4.60. The number of rotatable bonds is 6. The molecule has 0 saturated carbocycles. The van der Waals surface area contributed by atoms with Crippen molar-refractivity contribution in [2.75, 3.05) is 13.7 Å². The topological polar surface area (TPSA) is 35.5 Å². The standard InChI is InChI=1S/C9H15F3O3/c1-7(13)15-8(9(10,11)12)5-3-4-6-14-2/h8H,3-6H2,1-2H3. The molecule has 0 aromatic carbocycles. The first kappa shape index (κ1) is 14.2. The van der Waals surface area contributed by atoms with Crippen LogP contribution in [0.5, 0.6) is 0 Å². The summed E-state index contributed by atoms with van der Waals surface area (Å²) in [6, 6.07) is 0. The molecule has 0 spiro atoms. The SMILES string of the molecule is COCCCCC(OC(C)=O)C(F)(F)F. The van der Waals surface area contributed by atoms with Crippen molar-refractivity contribution in [3.8, 4) is 0 Å². The molecule has 0 radical (unpaired) electrons. The first-order chi connectivity index (χ1) is 6.88. The van der Waals surface area contributed by atoms with Gasteiger partial charge in [0.2, 0.25) is 0 Å². The van der Waals surface area contributed by atoms with Gasteiger partial charge in [0.15, 0.2) is 6.10 Å². The molecule has 0 rings (SSSR count). The lowest BCUT2D eigenvalue weighted by molar-refractivity contribution is -0.221. The van der Waals surface area contributed by atoms with E-state index in [0.717, 1.165) is 6.92 Å². The summed E-state index contributed by atoms with van der Waals surface area (Å²) in [6.45, 7) is 1.37. The summed E-state index contributed by atoms with van der Waals surface area (Å²) >= 11 is 0. The highest BCUT2D eigenvalue weighted by molar-refractivity contribution is 5.66. The number of methoxy groups -OCH3 is 1. The molecule has 0 aliphatic rings. The molecule has 1 unspecified atom stereocenters. The van der Waals surface area contributed by atoms with Crippen LogP contribution < -0.4 is 0 Å². The van der Waals surface area contributed by atoms with Crippen molar-refractivity contribution < 1.29 is 27.4 Å². The van der Waals surface area contributed by atoms with E-state index >= 15 is 0 Å². The van der Waals surface area contributed by atoms with Crippen LogP contribution in [0.25, 0.3) is 0 Å². The molecule has 0 bridgehead atoms. The predicted octanol–water partition coefficient (Wildman–Crippen LogP) is 2.30. The molecule has 0 heterocycles. The highest BCUT2D eigenvalue weighted by atomic mass is 19.4. The maximum Gasteiger partial charge on any atom is 0.425 e. The van der Waals surface area contributed by atoms with Crippen molar-refractivity contribution in [2.24, 2.45) is 0 Å². The Balaban J connectivity index is 3.97. The van der Waals surface area contributed by atoms with Crippen molar-refractivity contribution in [3.63, 3.8) is 0 Å². The van der Waals surface area contributed by atoms with Gasteiger partial charge in [0.05, 0.1) is 0 Å². The van der Waals surface area contributed by atoms with Crippen LogP contribution in [0.15, 0.2) is 0 Å². The molecule has 0 aromatic rings. The fourth-order valence-corrected chi connectivity index (χ4v) is 1.07. The number of hydrogen-bond donors (Lipinski definition) is 0. The zero-order chi connectivity index (χ0) is 11.9. The number of alkyl halides is 3. The van der Waals surface area contributed by atoms with Crippen LogP contribution in [0, 0.1) is 0 Å². The maximum atomic E-state index is 12.3. The molecular weight excluding hydrogens is 213 g/mol. The van der Waals surface area contributed by atoms with Gasteiger partial charge in [-0.2, -0.15) is 13.2 Å². The van der Waals surface area contributed by atoms with Crippen molar-refractivity contribution in [1.29, 1.82) is 0 Å². The number of ether oxygens (including phenoxy) is 2. The number of carbonyl (C=O) groups is 1. The van der Waals surface area contributed by atoms with Crippen LogP contribution in [0.3, 0.4) is 0 Å². The number of halogens is 3. The fraction of sp³-hybridized carbons (Fsp3) is 0.889. The molecule has 6 heteroatoms. The minimum absolute atomic E-state index is 0.216. The van der Waals surface area contributed by atoms with E-state index in [1.807, 2.05) is 0 Å². The van der Waals surface area contributed by atoms with Gasteiger partial charge in [0, 0.05) is 20.6 Å². The molecule has 0 saturated heterocycles. The van der Waals surface area contributed by atoms with E-state index in [9.17, 15) is 18.0 Å². The number of carbonyl (C=O) groups excluding carboxylic acids is 1. The minimum Gasteiger partial charge on any atom is -0.453 e. The van der Waals surface area contributed by atoms with Gasteiger partial charge in [-0.15, -0.1) is 0 Å². The highest BCUT2D eigenvalue weighted by Crippen LogP contribution is 2.26. The Labute approximate surface area is 86.5 Å². The summed E-state index contributed by atoms with van der Waals surface area (Å²) in [6.07, 6.45) is -5.87. The van der Waals surface area contributed by atoms with E-state index < -0.39 is 18.2 Å². The second-order valence-corrected chi connectivity index (χ2v) is 3.13. The number of esters is 1. The van der Waals surface area contributed by atoms with Crippen molar-refractivity contribution >= 4 is 5.97 Å². The third-order valence-corrected chi connectivity index (χ3v) is 1.74. The Morgan fingerprint density at radius 1 is 1.33 bits per heavy atom. The van der Waals surface area contributed by atoms with E-state index in [2.05, 4.69) is 4.74 Å². The van der Waals surface area contributed by atoms with E-state index in [0.29, 0.717) is 19.4 Å². The van der Waals surface area contributed by atoms with Gasteiger partial charge < -0.3 is 9.47 Å². The Hall–Kier alpha value is -0.780. The Morgan fingerprint density at radius 3 is 2.33 bits per heavy atom. The molecule has 0 aromatic heterocycles. The molecule has 1 atom stereocenters. The third-order valence-electron chi connectivity index (χ3n) is 1.74. The largest absolute Gasteiger partial charge is 0.453 e. The lowest BCUT2D eigenvalue weighted by Gasteiger charge is -2.19. The normalized spacial score (nSPS) is 13.7. The molecule has 0 fully saturated rings. The third kappa shape index (κ3) is 7.18. The number of hydrogen-bond acceptors (Lipinski definition) is 3. The molecule has 0 aliphatic carbocycles. The lowest BCUT2D eigenvalue weighted by atomic mass is 10.1. The van der Waals surface area contributed by atoms with Crippen LogP contribution >= 0.6 is 0 Å². The molecule has 15 heavy (non-hydrogen) atoms. The smallest absolute Gasteiger partial charge is 0.425 e. The van der Waals surface area contributed by atoms with E-state index in [1.165, 1.54) is 7.11 Å². The van der Waals surface area contributed by atoms with E-state index in [1.54, 1.807) is 0 Å². The average Bonchev–Trinajstić information content (AvgIpc) is 2.08. The zero-order valence-electron chi connectivity index (χ0n) is 8.76. The average molecular weight is 228 g/mol. The molecular formula is C9H15F3O3. The maximum absolute atomic E-state index is 12.3. The number of unbranched alkanes of at least 4 members (excludes halogenated alkanes) is 1.